The van der Waals surface area contributed by atoms with Gasteiger partial charge in [-0.15, -0.1) is 0 Å². The number of hydrogen-bond acceptors (Lipinski definition) is 6. The van der Waals surface area contributed by atoms with Crippen molar-refractivity contribution in [2.24, 2.45) is 5.92 Å². The average molecular weight is 649 g/mol. The van der Waals surface area contributed by atoms with E-state index in [1.807, 2.05) is 0 Å². The molecular formula is C28H45F9O6. The zero-order valence-electron chi connectivity index (χ0n) is 26.2. The van der Waals surface area contributed by atoms with Crippen LogP contribution in [0.2, 0.25) is 0 Å². The minimum absolute atomic E-state index is 0.123. The van der Waals surface area contributed by atoms with Gasteiger partial charge in [-0.05, 0) is 67.2 Å². The molecule has 0 spiro atoms. The van der Waals surface area contributed by atoms with Crippen LogP contribution in [-0.4, -0.2) is 74.9 Å². The Morgan fingerprint density at radius 1 is 0.674 bits per heavy atom. The fourth-order valence-electron chi connectivity index (χ4n) is 5.36. The van der Waals surface area contributed by atoms with Crippen LogP contribution in [0.4, 0.5) is 39.5 Å². The first-order valence-electron chi connectivity index (χ1n) is 13.7. The molecule has 0 saturated heterocycles. The zero-order valence-corrected chi connectivity index (χ0v) is 26.2. The SMILES string of the molecule is C=C(C)C(=O)OCC(C(CC)(CC)OC(C)(C)C(C)(O)C(F)(F)F)C(CC)(CC)OC(C)(C)C(O)(C(F)(F)F)C(F)(F)F. The van der Waals surface area contributed by atoms with Crippen LogP contribution in [-0.2, 0) is 19.0 Å². The third-order valence-electron chi connectivity index (χ3n) is 8.73. The van der Waals surface area contributed by atoms with Crippen LogP contribution in [0.25, 0.3) is 0 Å². The predicted octanol–water partition coefficient (Wildman–Crippen LogP) is 7.60. The summed E-state index contributed by atoms with van der Waals surface area (Å²) in [6, 6.07) is 0. The van der Waals surface area contributed by atoms with Gasteiger partial charge in [-0.2, -0.15) is 39.5 Å². The van der Waals surface area contributed by atoms with Gasteiger partial charge in [0.25, 0.3) is 5.60 Å². The second-order valence-electron chi connectivity index (χ2n) is 12.0. The first-order chi connectivity index (χ1) is 18.9. The van der Waals surface area contributed by atoms with Gasteiger partial charge in [-0.1, -0.05) is 34.3 Å². The highest BCUT2D eigenvalue weighted by molar-refractivity contribution is 5.86. The highest BCUT2D eigenvalue weighted by atomic mass is 19.4. The van der Waals surface area contributed by atoms with E-state index < -0.39 is 70.6 Å². The smallest absolute Gasteiger partial charge is 0.429 e. The Kier molecular flexibility index (Phi) is 12.6. The van der Waals surface area contributed by atoms with Gasteiger partial charge in [0.05, 0.1) is 23.7 Å². The summed E-state index contributed by atoms with van der Waals surface area (Å²) in [6.45, 7) is 12.6. The number of halogens is 9. The van der Waals surface area contributed by atoms with Gasteiger partial charge >= 0.3 is 24.5 Å². The summed E-state index contributed by atoms with van der Waals surface area (Å²) in [5, 5.41) is 20.8. The van der Waals surface area contributed by atoms with Crippen LogP contribution in [0.15, 0.2) is 12.2 Å². The van der Waals surface area contributed by atoms with Crippen LogP contribution < -0.4 is 0 Å². The van der Waals surface area contributed by atoms with Gasteiger partial charge < -0.3 is 24.4 Å². The Hall–Kier alpha value is -1.58. The topological polar surface area (TPSA) is 85.2 Å². The lowest BCUT2D eigenvalue weighted by molar-refractivity contribution is -0.426. The number of carbonyl (C=O) groups excluding carboxylic acids is 1. The summed E-state index contributed by atoms with van der Waals surface area (Å²) in [4.78, 5) is 12.4. The third-order valence-corrected chi connectivity index (χ3v) is 8.73. The van der Waals surface area contributed by atoms with Gasteiger partial charge in [0, 0.05) is 5.57 Å². The standard InChI is InChI=1S/C28H45F9O6/c1-12-23(13-2,42-20(7,8)22(11,39)26(29,30)31)18(16-41-19(38)17(5)6)24(14-3,15-4)43-21(9,10)25(40,27(32,33)34)28(35,36)37/h18,39-40H,5,12-16H2,1-4,6-11H3. The third kappa shape index (κ3) is 7.63. The molecule has 0 aromatic carbocycles. The molecule has 256 valence electrons. The molecule has 0 amide bonds. The molecule has 0 saturated carbocycles. The van der Waals surface area contributed by atoms with Gasteiger partial charge in [0.15, 0.2) is 5.60 Å². The molecule has 43 heavy (non-hydrogen) atoms. The molecule has 15 heteroatoms. The Balaban J connectivity index is 7.65. The lowest BCUT2D eigenvalue weighted by Gasteiger charge is -2.56. The van der Waals surface area contributed by atoms with E-state index in [2.05, 4.69) is 6.58 Å². The van der Waals surface area contributed by atoms with Gasteiger partial charge in [-0.3, -0.25) is 0 Å². The fourth-order valence-corrected chi connectivity index (χ4v) is 5.36. The molecule has 0 radical (unpaired) electrons. The molecule has 0 aliphatic rings. The molecule has 0 rings (SSSR count). The number of alkyl halides is 9. The monoisotopic (exact) mass is 648 g/mol. The van der Waals surface area contributed by atoms with Crippen LogP contribution in [0, 0.1) is 5.92 Å². The molecule has 0 bridgehead atoms. The Morgan fingerprint density at radius 3 is 1.26 bits per heavy atom. The van der Waals surface area contributed by atoms with Crippen LogP contribution in [0.1, 0.15) is 94.9 Å². The molecule has 2 atom stereocenters. The summed E-state index contributed by atoms with van der Waals surface area (Å²) in [5.74, 6) is -2.54. The van der Waals surface area contributed by atoms with Crippen molar-refractivity contribution in [1.82, 2.24) is 0 Å². The van der Waals surface area contributed by atoms with E-state index in [0.29, 0.717) is 20.8 Å². The van der Waals surface area contributed by atoms with Crippen LogP contribution in [0.5, 0.6) is 0 Å². The highest BCUT2D eigenvalue weighted by Gasteiger charge is 2.78. The van der Waals surface area contributed by atoms with Gasteiger partial charge in [0.2, 0.25) is 0 Å². The molecule has 2 N–H and O–H groups in total. The molecular weight excluding hydrogens is 603 g/mol. The summed E-state index contributed by atoms with van der Waals surface area (Å²) < 4.78 is 143. The number of hydrogen-bond donors (Lipinski definition) is 2. The van der Waals surface area contributed by atoms with E-state index in [9.17, 15) is 54.5 Å². The van der Waals surface area contributed by atoms with E-state index in [0.717, 1.165) is 13.8 Å². The highest BCUT2D eigenvalue weighted by Crippen LogP contribution is 2.55. The average Bonchev–Trinajstić information content (AvgIpc) is 2.83. The van der Waals surface area contributed by atoms with Crippen molar-refractivity contribution >= 4 is 5.97 Å². The second-order valence-corrected chi connectivity index (χ2v) is 12.0. The number of aliphatic hydroxyl groups is 2. The predicted molar refractivity (Wildman–Crippen MR) is 140 cm³/mol. The lowest BCUT2D eigenvalue weighted by Crippen LogP contribution is -2.72. The quantitative estimate of drug-likeness (QED) is 0.108. The van der Waals surface area contributed by atoms with Gasteiger partial charge in [0.1, 0.15) is 11.2 Å². The maximum atomic E-state index is 14.0. The summed E-state index contributed by atoms with van der Waals surface area (Å²) >= 11 is 0. The number of rotatable bonds is 15. The summed E-state index contributed by atoms with van der Waals surface area (Å²) in [6.07, 6.45) is -19.0. The van der Waals surface area contributed by atoms with E-state index in [-0.39, 0.29) is 31.3 Å². The number of ether oxygens (including phenoxy) is 3. The Labute approximate surface area is 246 Å². The number of carbonyl (C=O) groups is 1. The van der Waals surface area contributed by atoms with Crippen molar-refractivity contribution < 1.29 is 68.7 Å². The Morgan fingerprint density at radius 2 is 1.00 bits per heavy atom. The molecule has 2 unspecified atom stereocenters. The van der Waals surface area contributed by atoms with Crippen molar-refractivity contribution in [3.05, 3.63) is 12.2 Å². The minimum atomic E-state index is -6.28. The molecule has 0 fully saturated rings. The van der Waals surface area contributed by atoms with Gasteiger partial charge in [-0.25, -0.2) is 4.79 Å². The van der Waals surface area contributed by atoms with E-state index >= 15 is 0 Å². The van der Waals surface area contributed by atoms with E-state index in [1.54, 1.807) is 0 Å². The molecule has 6 nitrogen and oxygen atoms in total. The summed E-state index contributed by atoms with van der Waals surface area (Å²) in [7, 11) is 0. The van der Waals surface area contributed by atoms with E-state index in [4.69, 9.17) is 14.2 Å². The minimum Gasteiger partial charge on any atom is -0.462 e. The second kappa shape index (κ2) is 13.0. The molecule has 0 aromatic rings. The van der Waals surface area contributed by atoms with Crippen LogP contribution in [0.3, 0.4) is 0 Å². The van der Waals surface area contributed by atoms with Crippen molar-refractivity contribution in [2.45, 2.75) is 147 Å². The molecule has 0 heterocycles. The lowest BCUT2D eigenvalue weighted by atomic mass is 9.68. The van der Waals surface area contributed by atoms with Crippen molar-refractivity contribution in [3.8, 4) is 0 Å². The van der Waals surface area contributed by atoms with Crippen molar-refractivity contribution in [1.29, 1.82) is 0 Å². The fraction of sp³-hybridized carbons (Fsp3) is 0.893. The largest absolute Gasteiger partial charge is 0.462 e. The normalized spacial score (nSPS) is 17.0. The summed E-state index contributed by atoms with van der Waals surface area (Å²) in [5.41, 5.74) is -19.0. The first-order valence-corrected chi connectivity index (χ1v) is 13.7. The van der Waals surface area contributed by atoms with Crippen molar-refractivity contribution in [2.75, 3.05) is 6.61 Å². The molecule has 0 aromatic heterocycles. The van der Waals surface area contributed by atoms with Crippen molar-refractivity contribution in [3.63, 3.8) is 0 Å². The first kappa shape index (κ1) is 41.4. The molecule has 0 aliphatic heterocycles. The maximum absolute atomic E-state index is 14.0. The maximum Gasteiger partial charge on any atom is 0.429 e. The van der Waals surface area contributed by atoms with Crippen LogP contribution >= 0.6 is 0 Å². The number of esters is 1. The molecule has 0 aliphatic carbocycles. The Bertz CT molecular complexity index is 943. The van der Waals surface area contributed by atoms with E-state index in [1.165, 1.54) is 34.6 Å². The zero-order chi connectivity index (χ0) is 34.9.